The number of aromatic amines is 1. The first-order chi connectivity index (χ1) is 10.0. The van der Waals surface area contributed by atoms with E-state index < -0.39 is 11.2 Å². The van der Waals surface area contributed by atoms with Gasteiger partial charge in [0, 0.05) is 24.2 Å². The number of pyridine rings is 1. The van der Waals surface area contributed by atoms with E-state index in [1.807, 2.05) is 6.07 Å². The maximum atomic E-state index is 12.2. The molecule has 3 aromatic heterocycles. The largest absolute Gasteiger partial charge is 0.383 e. The molecule has 0 radical (unpaired) electrons. The molecule has 0 aliphatic carbocycles. The summed E-state index contributed by atoms with van der Waals surface area (Å²) in [6.45, 7) is 0. The monoisotopic (exact) mass is 300 g/mol. The first kappa shape index (κ1) is 13.0. The molecule has 3 aromatic rings. The zero-order chi connectivity index (χ0) is 15.1. The minimum atomic E-state index is -0.623. The lowest BCUT2D eigenvalue weighted by molar-refractivity contribution is 0.830. The molecule has 0 bridgehead atoms. The number of hydrogen-bond acceptors (Lipinski definition) is 7. The van der Waals surface area contributed by atoms with Crippen molar-refractivity contribution in [2.75, 3.05) is 5.73 Å². The van der Waals surface area contributed by atoms with Crippen molar-refractivity contribution >= 4 is 28.2 Å². The molecule has 0 saturated carbocycles. The summed E-state index contributed by atoms with van der Waals surface area (Å²) in [6.07, 6.45) is 1.56. The molecule has 3 N–H and O–H groups in total. The molecule has 0 atom stereocenters. The number of nitrogens with two attached hydrogens (primary N) is 1. The van der Waals surface area contributed by atoms with Gasteiger partial charge in [-0.05, 0) is 0 Å². The lowest BCUT2D eigenvalue weighted by Crippen LogP contribution is -2.29. The van der Waals surface area contributed by atoms with Crippen LogP contribution in [0.4, 0.5) is 5.82 Å². The Morgan fingerprint density at radius 2 is 2.24 bits per heavy atom. The molecule has 0 amide bonds. The van der Waals surface area contributed by atoms with Crippen LogP contribution < -0.4 is 17.0 Å². The van der Waals surface area contributed by atoms with Gasteiger partial charge in [-0.15, -0.1) is 11.3 Å². The summed E-state index contributed by atoms with van der Waals surface area (Å²) in [7, 11) is 1.46. The van der Waals surface area contributed by atoms with Gasteiger partial charge in [-0.25, -0.2) is 14.8 Å². The minimum Gasteiger partial charge on any atom is -0.383 e. The van der Waals surface area contributed by atoms with Gasteiger partial charge in [0.2, 0.25) is 0 Å². The maximum absolute atomic E-state index is 12.2. The molecule has 0 aliphatic rings. The first-order valence-corrected chi connectivity index (χ1v) is 6.65. The van der Waals surface area contributed by atoms with Gasteiger partial charge in [-0.3, -0.25) is 14.3 Å². The predicted octanol–water partition coefficient (Wildman–Crippen LogP) is 0.199. The van der Waals surface area contributed by atoms with Crippen molar-refractivity contribution in [1.82, 2.24) is 19.5 Å². The molecular formula is C12H8N6O2S. The predicted molar refractivity (Wildman–Crippen MR) is 77.8 cm³/mol. The molecule has 9 heteroatoms. The summed E-state index contributed by atoms with van der Waals surface area (Å²) in [6, 6.07) is 1.94. The number of fused-ring (bicyclic) bond motifs is 1. The van der Waals surface area contributed by atoms with Gasteiger partial charge in [-0.1, -0.05) is 0 Å². The highest BCUT2D eigenvalue weighted by Gasteiger charge is 2.21. The number of aromatic nitrogens is 4. The van der Waals surface area contributed by atoms with Crippen molar-refractivity contribution in [3.63, 3.8) is 0 Å². The second-order valence-electron chi connectivity index (χ2n) is 4.21. The number of anilines is 1. The number of nitrogens with one attached hydrogen (secondary N) is 1. The second-order valence-corrected chi connectivity index (χ2v) is 5.11. The van der Waals surface area contributed by atoms with Gasteiger partial charge in [-0.2, -0.15) is 5.26 Å². The van der Waals surface area contributed by atoms with Crippen molar-refractivity contribution in [1.29, 1.82) is 5.26 Å². The summed E-state index contributed by atoms with van der Waals surface area (Å²) in [4.78, 5) is 34.2. The van der Waals surface area contributed by atoms with Crippen LogP contribution in [-0.4, -0.2) is 19.5 Å². The number of nitriles is 1. The SMILES string of the molecule is Cn1c(=O)[nH]c(=O)c2c(-c3nccs3)c(C#N)c(N)nc21. The molecule has 0 spiro atoms. The van der Waals surface area contributed by atoms with Crippen LogP contribution in [-0.2, 0) is 7.05 Å². The number of thiazole rings is 1. The van der Waals surface area contributed by atoms with Crippen molar-refractivity contribution in [2.45, 2.75) is 0 Å². The molecule has 3 rings (SSSR count). The molecule has 104 valence electrons. The first-order valence-electron chi connectivity index (χ1n) is 5.77. The van der Waals surface area contributed by atoms with Gasteiger partial charge in [0.15, 0.2) is 5.65 Å². The van der Waals surface area contributed by atoms with Crippen LogP contribution in [0, 0.1) is 11.3 Å². The van der Waals surface area contributed by atoms with Crippen molar-refractivity contribution in [2.24, 2.45) is 7.05 Å². The Labute approximate surface area is 121 Å². The maximum Gasteiger partial charge on any atom is 0.329 e. The summed E-state index contributed by atoms with van der Waals surface area (Å²) in [5, 5.41) is 11.6. The zero-order valence-corrected chi connectivity index (χ0v) is 11.6. The fourth-order valence-electron chi connectivity index (χ4n) is 2.06. The van der Waals surface area contributed by atoms with Crippen LogP contribution in [0.5, 0.6) is 0 Å². The summed E-state index contributed by atoms with van der Waals surface area (Å²) in [5.74, 6) is -0.0456. The molecule has 0 saturated heterocycles. The Bertz CT molecular complexity index is 1010. The zero-order valence-electron chi connectivity index (χ0n) is 10.7. The van der Waals surface area contributed by atoms with Gasteiger partial charge < -0.3 is 5.73 Å². The number of nitrogen functional groups attached to an aromatic ring is 1. The van der Waals surface area contributed by atoms with Crippen LogP contribution in [0.25, 0.3) is 21.6 Å². The van der Waals surface area contributed by atoms with E-state index in [2.05, 4.69) is 15.0 Å². The molecular weight excluding hydrogens is 292 g/mol. The summed E-state index contributed by atoms with van der Waals surface area (Å²) < 4.78 is 1.17. The van der Waals surface area contributed by atoms with Gasteiger partial charge in [0.1, 0.15) is 22.5 Å². The van der Waals surface area contributed by atoms with E-state index in [9.17, 15) is 14.9 Å². The van der Waals surface area contributed by atoms with Gasteiger partial charge in [0.25, 0.3) is 5.56 Å². The number of hydrogen-bond donors (Lipinski definition) is 2. The number of rotatable bonds is 1. The lowest BCUT2D eigenvalue weighted by atomic mass is 10.1. The molecule has 0 unspecified atom stereocenters. The molecule has 21 heavy (non-hydrogen) atoms. The highest BCUT2D eigenvalue weighted by Crippen LogP contribution is 2.32. The Kier molecular flexibility index (Phi) is 2.81. The average molecular weight is 300 g/mol. The molecule has 0 aromatic carbocycles. The normalized spacial score (nSPS) is 10.7. The molecule has 0 fully saturated rings. The number of H-pyrrole nitrogens is 1. The van der Waals surface area contributed by atoms with Crippen LogP contribution in [0.2, 0.25) is 0 Å². The van der Waals surface area contributed by atoms with E-state index >= 15 is 0 Å². The quantitative estimate of drug-likeness (QED) is 0.660. The van der Waals surface area contributed by atoms with E-state index in [0.717, 1.165) is 0 Å². The number of nitrogens with zero attached hydrogens (tertiary/aromatic N) is 4. The molecule has 0 aliphatic heterocycles. The molecule has 8 nitrogen and oxygen atoms in total. The Balaban J connectivity index is 2.67. The fraction of sp³-hybridized carbons (Fsp3) is 0.0833. The van der Waals surface area contributed by atoms with E-state index in [1.165, 1.54) is 23.0 Å². The molecule has 3 heterocycles. The van der Waals surface area contributed by atoms with Crippen LogP contribution in [0.1, 0.15) is 5.56 Å². The standard InChI is InChI=1S/C12H8N6O2S/c1-18-9-7(10(19)17-12(18)20)6(11-15-2-3-21-11)5(4-13)8(14)16-9/h2-3H,1H3,(H2,14,16)(H,17,19,20). The third-order valence-corrected chi connectivity index (χ3v) is 3.82. The van der Waals surface area contributed by atoms with Gasteiger partial charge >= 0.3 is 5.69 Å². The van der Waals surface area contributed by atoms with Crippen molar-refractivity contribution < 1.29 is 0 Å². The Hall–Kier alpha value is -2.99. The lowest BCUT2D eigenvalue weighted by Gasteiger charge is -2.09. The summed E-state index contributed by atoms with van der Waals surface area (Å²) >= 11 is 1.26. The smallest absolute Gasteiger partial charge is 0.329 e. The van der Waals surface area contributed by atoms with E-state index in [-0.39, 0.29) is 22.4 Å². The third kappa shape index (κ3) is 1.81. The highest BCUT2D eigenvalue weighted by molar-refractivity contribution is 7.13. The highest BCUT2D eigenvalue weighted by atomic mass is 32.1. The van der Waals surface area contributed by atoms with Crippen LogP contribution >= 0.6 is 11.3 Å². The summed E-state index contributed by atoms with van der Waals surface area (Å²) in [5.41, 5.74) is 5.05. The van der Waals surface area contributed by atoms with Gasteiger partial charge in [0.05, 0.1) is 5.39 Å². The fourth-order valence-corrected chi connectivity index (χ4v) is 2.76. The van der Waals surface area contributed by atoms with Crippen molar-refractivity contribution in [3.05, 3.63) is 38.0 Å². The topological polar surface area (TPSA) is 130 Å². The Morgan fingerprint density at radius 1 is 1.48 bits per heavy atom. The van der Waals surface area contributed by atoms with E-state index in [4.69, 9.17) is 5.73 Å². The average Bonchev–Trinajstić information content (AvgIpc) is 2.97. The van der Waals surface area contributed by atoms with E-state index in [0.29, 0.717) is 10.6 Å². The Morgan fingerprint density at radius 3 is 2.86 bits per heavy atom. The van der Waals surface area contributed by atoms with E-state index in [1.54, 1.807) is 11.6 Å². The third-order valence-electron chi connectivity index (χ3n) is 3.03. The minimum absolute atomic E-state index is 0.0456. The second kappa shape index (κ2) is 4.53. The van der Waals surface area contributed by atoms with Crippen molar-refractivity contribution in [3.8, 4) is 16.6 Å². The van der Waals surface area contributed by atoms with Crippen LogP contribution in [0.15, 0.2) is 21.2 Å². The van der Waals surface area contributed by atoms with Crippen LogP contribution in [0.3, 0.4) is 0 Å². The number of aryl methyl sites for hydroxylation is 1.